The molecule has 22 heavy (non-hydrogen) atoms. The fourth-order valence-electron chi connectivity index (χ4n) is 3.07. The topological polar surface area (TPSA) is 72.5 Å². The summed E-state index contributed by atoms with van der Waals surface area (Å²) >= 11 is 1.50. The minimum absolute atomic E-state index is 0.283. The maximum Gasteiger partial charge on any atom is 0.341 e. The Morgan fingerprint density at radius 3 is 2.82 bits per heavy atom. The van der Waals surface area contributed by atoms with Crippen LogP contribution in [0.25, 0.3) is 0 Å². The number of hydrogen-bond acceptors (Lipinski definition) is 5. The summed E-state index contributed by atoms with van der Waals surface area (Å²) in [6.45, 7) is 2.16. The SMILES string of the molecule is CCOC(=O)c1c(N)sc2c1CCC(c1ccc(O)cc1)C2. The van der Waals surface area contributed by atoms with E-state index in [-0.39, 0.29) is 11.7 Å². The Morgan fingerprint density at radius 2 is 2.14 bits per heavy atom. The number of phenols is 1. The van der Waals surface area contributed by atoms with Gasteiger partial charge >= 0.3 is 5.97 Å². The number of rotatable bonds is 3. The Morgan fingerprint density at radius 1 is 1.41 bits per heavy atom. The van der Waals surface area contributed by atoms with Gasteiger partial charge in [0.05, 0.1) is 12.2 Å². The van der Waals surface area contributed by atoms with Gasteiger partial charge in [0, 0.05) is 4.88 Å². The number of thiophene rings is 1. The highest BCUT2D eigenvalue weighted by molar-refractivity contribution is 7.16. The van der Waals surface area contributed by atoms with E-state index in [4.69, 9.17) is 10.5 Å². The zero-order valence-corrected chi connectivity index (χ0v) is 13.3. The Balaban J connectivity index is 1.86. The van der Waals surface area contributed by atoms with Crippen molar-refractivity contribution in [1.29, 1.82) is 0 Å². The van der Waals surface area contributed by atoms with Crippen LogP contribution in [-0.4, -0.2) is 17.7 Å². The molecule has 1 aliphatic rings. The van der Waals surface area contributed by atoms with Crippen LogP contribution in [0, 0.1) is 0 Å². The quantitative estimate of drug-likeness (QED) is 0.850. The van der Waals surface area contributed by atoms with E-state index in [1.54, 1.807) is 19.1 Å². The van der Waals surface area contributed by atoms with Gasteiger partial charge in [-0.15, -0.1) is 11.3 Å². The number of fused-ring (bicyclic) bond motifs is 1. The fraction of sp³-hybridized carbons (Fsp3) is 0.353. The third-order valence-corrected chi connectivity index (χ3v) is 5.22. The minimum atomic E-state index is -0.305. The summed E-state index contributed by atoms with van der Waals surface area (Å²) in [5.41, 5.74) is 8.90. The van der Waals surface area contributed by atoms with E-state index >= 15 is 0 Å². The lowest BCUT2D eigenvalue weighted by Gasteiger charge is -2.23. The minimum Gasteiger partial charge on any atom is -0.508 e. The first-order valence-electron chi connectivity index (χ1n) is 7.46. The van der Waals surface area contributed by atoms with Crippen LogP contribution in [0.2, 0.25) is 0 Å². The molecule has 0 saturated carbocycles. The van der Waals surface area contributed by atoms with E-state index in [9.17, 15) is 9.90 Å². The van der Waals surface area contributed by atoms with Gasteiger partial charge in [-0.2, -0.15) is 0 Å². The first-order valence-corrected chi connectivity index (χ1v) is 8.27. The molecule has 3 rings (SSSR count). The monoisotopic (exact) mass is 317 g/mol. The summed E-state index contributed by atoms with van der Waals surface area (Å²) in [7, 11) is 0. The van der Waals surface area contributed by atoms with Crippen LogP contribution in [0.4, 0.5) is 5.00 Å². The second kappa shape index (κ2) is 6.01. The highest BCUT2D eigenvalue weighted by atomic mass is 32.1. The van der Waals surface area contributed by atoms with E-state index in [1.807, 2.05) is 12.1 Å². The number of carbonyl (C=O) groups excluding carboxylic acids is 1. The molecule has 1 aliphatic carbocycles. The van der Waals surface area contributed by atoms with E-state index in [0.29, 0.717) is 23.1 Å². The molecule has 3 N–H and O–H groups in total. The molecule has 1 aromatic heterocycles. The molecule has 0 saturated heterocycles. The summed E-state index contributed by atoms with van der Waals surface area (Å²) in [6, 6.07) is 7.37. The van der Waals surface area contributed by atoms with Crippen molar-refractivity contribution in [3.8, 4) is 5.75 Å². The van der Waals surface area contributed by atoms with Crippen molar-refractivity contribution in [3.05, 3.63) is 45.8 Å². The molecule has 2 aromatic rings. The number of aromatic hydroxyl groups is 1. The fourth-order valence-corrected chi connectivity index (χ4v) is 4.25. The largest absolute Gasteiger partial charge is 0.508 e. The van der Waals surface area contributed by atoms with Gasteiger partial charge in [-0.3, -0.25) is 0 Å². The molecule has 0 radical (unpaired) electrons. The van der Waals surface area contributed by atoms with E-state index in [1.165, 1.54) is 21.8 Å². The Kier molecular flexibility index (Phi) is 4.07. The van der Waals surface area contributed by atoms with Crippen LogP contribution in [-0.2, 0) is 17.6 Å². The molecular formula is C17H19NO3S. The van der Waals surface area contributed by atoms with Crippen LogP contribution >= 0.6 is 11.3 Å². The van der Waals surface area contributed by atoms with Crippen LogP contribution in [0.5, 0.6) is 5.75 Å². The molecule has 4 nitrogen and oxygen atoms in total. The molecule has 1 atom stereocenters. The molecule has 1 aromatic carbocycles. The van der Waals surface area contributed by atoms with E-state index < -0.39 is 0 Å². The van der Waals surface area contributed by atoms with Crippen molar-refractivity contribution in [1.82, 2.24) is 0 Å². The van der Waals surface area contributed by atoms with E-state index in [2.05, 4.69) is 0 Å². The van der Waals surface area contributed by atoms with Crippen molar-refractivity contribution in [2.75, 3.05) is 12.3 Å². The third-order valence-electron chi connectivity index (χ3n) is 4.14. The molecule has 1 unspecified atom stereocenters. The van der Waals surface area contributed by atoms with E-state index in [0.717, 1.165) is 24.8 Å². The van der Waals surface area contributed by atoms with Crippen molar-refractivity contribution in [3.63, 3.8) is 0 Å². The average Bonchev–Trinajstić information content (AvgIpc) is 2.83. The van der Waals surface area contributed by atoms with Crippen molar-refractivity contribution >= 4 is 22.3 Å². The predicted octanol–water partition coefficient (Wildman–Crippen LogP) is 3.49. The maximum atomic E-state index is 12.1. The van der Waals surface area contributed by atoms with Crippen LogP contribution in [0.1, 0.15) is 45.6 Å². The maximum absolute atomic E-state index is 12.1. The van der Waals surface area contributed by atoms with Gasteiger partial charge in [-0.05, 0) is 55.4 Å². The average molecular weight is 317 g/mol. The number of nitrogens with two attached hydrogens (primary N) is 1. The van der Waals surface area contributed by atoms with Crippen molar-refractivity contribution in [2.24, 2.45) is 0 Å². The van der Waals surface area contributed by atoms with Crippen LogP contribution < -0.4 is 5.73 Å². The molecule has 116 valence electrons. The van der Waals surface area contributed by atoms with Gasteiger partial charge in [0.1, 0.15) is 10.8 Å². The zero-order valence-electron chi connectivity index (χ0n) is 12.5. The van der Waals surface area contributed by atoms with Gasteiger partial charge in [-0.25, -0.2) is 4.79 Å². The molecule has 0 amide bonds. The standard InChI is InChI=1S/C17H19NO3S/c1-2-21-17(20)15-13-8-5-11(9-14(13)22-16(15)18)10-3-6-12(19)7-4-10/h3-4,6-7,11,19H,2,5,8-9,18H2,1H3. The molecule has 5 heteroatoms. The normalized spacial score (nSPS) is 17.0. The second-order valence-corrected chi connectivity index (χ2v) is 6.63. The van der Waals surface area contributed by atoms with Crippen molar-refractivity contribution < 1.29 is 14.6 Å². The van der Waals surface area contributed by atoms with Gasteiger partial charge in [-0.1, -0.05) is 12.1 Å². The predicted molar refractivity (Wildman–Crippen MR) is 87.6 cm³/mol. The molecule has 1 heterocycles. The molecular weight excluding hydrogens is 298 g/mol. The number of benzene rings is 1. The number of nitrogen functional groups attached to an aromatic ring is 1. The lowest BCUT2D eigenvalue weighted by molar-refractivity contribution is 0.0526. The lowest BCUT2D eigenvalue weighted by atomic mass is 9.83. The second-order valence-electron chi connectivity index (χ2n) is 5.49. The first kappa shape index (κ1) is 14.9. The van der Waals surface area contributed by atoms with Crippen LogP contribution in [0.3, 0.4) is 0 Å². The lowest BCUT2D eigenvalue weighted by Crippen LogP contribution is -2.14. The molecule has 0 aliphatic heterocycles. The summed E-state index contributed by atoms with van der Waals surface area (Å²) in [4.78, 5) is 13.2. The Hall–Kier alpha value is -2.01. The number of hydrogen-bond donors (Lipinski definition) is 2. The van der Waals surface area contributed by atoms with Gasteiger partial charge in [0.25, 0.3) is 0 Å². The number of anilines is 1. The summed E-state index contributed by atoms with van der Waals surface area (Å²) in [6.07, 6.45) is 2.69. The number of carbonyl (C=O) groups is 1. The number of esters is 1. The zero-order chi connectivity index (χ0) is 15.7. The summed E-state index contributed by atoms with van der Waals surface area (Å²) in [5.74, 6) is 0.381. The number of ether oxygens (including phenoxy) is 1. The third kappa shape index (κ3) is 2.68. The van der Waals surface area contributed by atoms with Gasteiger partial charge < -0.3 is 15.6 Å². The Bertz CT molecular complexity index is 691. The first-order chi connectivity index (χ1) is 10.6. The molecule has 0 spiro atoms. The summed E-state index contributed by atoms with van der Waals surface area (Å²) in [5, 5.41) is 9.96. The van der Waals surface area contributed by atoms with Gasteiger partial charge in [0.15, 0.2) is 0 Å². The van der Waals surface area contributed by atoms with Crippen molar-refractivity contribution in [2.45, 2.75) is 32.1 Å². The highest BCUT2D eigenvalue weighted by Crippen LogP contribution is 2.41. The molecule has 0 fully saturated rings. The molecule has 0 bridgehead atoms. The smallest absolute Gasteiger partial charge is 0.341 e. The summed E-state index contributed by atoms with van der Waals surface area (Å²) < 4.78 is 5.12. The van der Waals surface area contributed by atoms with Crippen LogP contribution in [0.15, 0.2) is 24.3 Å². The Labute approximate surface area is 133 Å². The highest BCUT2D eigenvalue weighted by Gasteiger charge is 2.29. The van der Waals surface area contributed by atoms with Gasteiger partial charge in [0.2, 0.25) is 0 Å². The number of phenolic OH excluding ortho intramolecular Hbond substituents is 1.